The van der Waals surface area contributed by atoms with Gasteiger partial charge in [0.15, 0.2) is 6.10 Å². The van der Waals surface area contributed by atoms with Gasteiger partial charge in [-0.2, -0.15) is 5.10 Å². The number of hydrogen-bond acceptors (Lipinski definition) is 4. The molecule has 23 heavy (non-hydrogen) atoms. The van der Waals surface area contributed by atoms with Gasteiger partial charge < -0.3 is 14.8 Å². The Labute approximate surface area is 136 Å². The van der Waals surface area contributed by atoms with E-state index in [1.165, 1.54) is 0 Å². The number of methoxy groups -OCH3 is 1. The minimum Gasteiger partial charge on any atom is -0.497 e. The van der Waals surface area contributed by atoms with E-state index >= 15 is 0 Å². The van der Waals surface area contributed by atoms with Gasteiger partial charge in [0.1, 0.15) is 17.3 Å². The number of amides is 1. The average molecular weight is 317 g/mol. The number of anilines is 1. The minimum atomic E-state index is -0.632. The molecule has 6 heteroatoms. The number of aryl methyl sites for hydroxylation is 2. The fourth-order valence-corrected chi connectivity index (χ4v) is 2.19. The normalized spacial score (nSPS) is 11.8. The number of ether oxygens (including phenoxy) is 2. The number of nitrogens with zero attached hydrogens (tertiary/aromatic N) is 2. The van der Waals surface area contributed by atoms with Crippen LogP contribution in [-0.4, -0.2) is 28.9 Å². The third-order valence-corrected chi connectivity index (χ3v) is 3.31. The molecule has 6 nitrogen and oxygen atoms in total. The predicted octanol–water partition coefficient (Wildman–Crippen LogP) is 3.02. The molecule has 2 aromatic rings. The van der Waals surface area contributed by atoms with Gasteiger partial charge in [-0.3, -0.25) is 4.79 Å². The second kappa shape index (κ2) is 7.67. The summed E-state index contributed by atoms with van der Waals surface area (Å²) in [6.45, 7) is 6.44. The van der Waals surface area contributed by atoms with E-state index in [1.54, 1.807) is 30.8 Å². The Morgan fingerprint density at radius 3 is 2.78 bits per heavy atom. The summed E-state index contributed by atoms with van der Waals surface area (Å²) in [5.74, 6) is 1.75. The van der Waals surface area contributed by atoms with Crippen molar-refractivity contribution in [1.29, 1.82) is 0 Å². The molecule has 0 aliphatic heterocycles. The fraction of sp³-hybridized carbons (Fsp3) is 0.412. The molecule has 1 N–H and O–H groups in total. The Balaban J connectivity index is 2.02. The second-order valence-electron chi connectivity index (χ2n) is 5.32. The lowest BCUT2D eigenvalue weighted by Gasteiger charge is -2.15. The number of carbonyl (C=O) groups is 1. The van der Waals surface area contributed by atoms with Crippen LogP contribution in [0.5, 0.6) is 11.5 Å². The van der Waals surface area contributed by atoms with E-state index in [-0.39, 0.29) is 5.91 Å². The summed E-state index contributed by atoms with van der Waals surface area (Å²) in [4.78, 5) is 12.3. The van der Waals surface area contributed by atoms with Crippen molar-refractivity contribution < 1.29 is 14.3 Å². The molecule has 0 spiro atoms. The molecular formula is C17H23N3O3. The summed E-state index contributed by atoms with van der Waals surface area (Å²) in [6, 6.07) is 9.03. The highest BCUT2D eigenvalue weighted by atomic mass is 16.5. The largest absolute Gasteiger partial charge is 0.497 e. The van der Waals surface area contributed by atoms with E-state index in [9.17, 15) is 4.79 Å². The van der Waals surface area contributed by atoms with Crippen molar-refractivity contribution in [2.75, 3.05) is 12.4 Å². The summed E-state index contributed by atoms with van der Waals surface area (Å²) in [5.41, 5.74) is 0.870. The van der Waals surface area contributed by atoms with Gasteiger partial charge in [-0.1, -0.05) is 13.0 Å². The number of aromatic nitrogens is 2. The van der Waals surface area contributed by atoms with Crippen molar-refractivity contribution in [2.24, 2.45) is 0 Å². The number of carbonyl (C=O) groups excluding carboxylic acids is 1. The van der Waals surface area contributed by atoms with E-state index in [0.717, 1.165) is 18.7 Å². The fourth-order valence-electron chi connectivity index (χ4n) is 2.19. The highest BCUT2D eigenvalue weighted by Crippen LogP contribution is 2.20. The molecular weight excluding hydrogens is 294 g/mol. The Hall–Kier alpha value is -2.50. The molecule has 0 radical (unpaired) electrons. The van der Waals surface area contributed by atoms with Crippen molar-refractivity contribution in [1.82, 2.24) is 9.78 Å². The maximum atomic E-state index is 12.3. The first kappa shape index (κ1) is 16.9. The van der Waals surface area contributed by atoms with E-state index in [0.29, 0.717) is 17.3 Å². The summed E-state index contributed by atoms with van der Waals surface area (Å²) < 4.78 is 12.6. The minimum absolute atomic E-state index is 0.218. The Morgan fingerprint density at radius 1 is 1.35 bits per heavy atom. The molecule has 0 saturated carbocycles. The molecule has 1 unspecified atom stereocenters. The van der Waals surface area contributed by atoms with E-state index in [4.69, 9.17) is 9.47 Å². The van der Waals surface area contributed by atoms with Crippen molar-refractivity contribution >= 4 is 11.7 Å². The smallest absolute Gasteiger partial charge is 0.266 e. The molecule has 0 aliphatic carbocycles. The van der Waals surface area contributed by atoms with Crippen LogP contribution in [-0.2, 0) is 11.3 Å². The lowest BCUT2D eigenvalue weighted by Crippen LogP contribution is -2.31. The van der Waals surface area contributed by atoms with Crippen LogP contribution in [0.1, 0.15) is 26.0 Å². The lowest BCUT2D eigenvalue weighted by atomic mass is 10.3. The van der Waals surface area contributed by atoms with Crippen LogP contribution in [0.2, 0.25) is 0 Å². The van der Waals surface area contributed by atoms with E-state index < -0.39 is 6.10 Å². The van der Waals surface area contributed by atoms with Crippen molar-refractivity contribution in [3.05, 3.63) is 36.0 Å². The van der Waals surface area contributed by atoms with Gasteiger partial charge in [-0.25, -0.2) is 4.68 Å². The molecule has 0 saturated heterocycles. The van der Waals surface area contributed by atoms with Gasteiger partial charge in [0.05, 0.1) is 12.8 Å². The molecule has 0 aliphatic rings. The van der Waals surface area contributed by atoms with E-state index in [2.05, 4.69) is 17.3 Å². The monoisotopic (exact) mass is 317 g/mol. The van der Waals surface area contributed by atoms with Gasteiger partial charge in [-0.05, 0) is 32.4 Å². The van der Waals surface area contributed by atoms with Crippen LogP contribution in [0.15, 0.2) is 30.3 Å². The first-order valence-electron chi connectivity index (χ1n) is 7.69. The third kappa shape index (κ3) is 4.48. The highest BCUT2D eigenvalue weighted by Gasteiger charge is 2.17. The van der Waals surface area contributed by atoms with Crippen molar-refractivity contribution in [2.45, 2.75) is 39.8 Å². The van der Waals surface area contributed by atoms with Gasteiger partial charge in [0, 0.05) is 18.7 Å². The molecule has 0 bridgehead atoms. The third-order valence-electron chi connectivity index (χ3n) is 3.31. The van der Waals surface area contributed by atoms with Gasteiger partial charge >= 0.3 is 0 Å². The van der Waals surface area contributed by atoms with Gasteiger partial charge in [0.25, 0.3) is 5.91 Å². The zero-order valence-corrected chi connectivity index (χ0v) is 14.0. The first-order chi connectivity index (χ1) is 11.0. The number of benzene rings is 1. The summed E-state index contributed by atoms with van der Waals surface area (Å²) in [7, 11) is 1.59. The lowest BCUT2D eigenvalue weighted by molar-refractivity contribution is -0.122. The summed E-state index contributed by atoms with van der Waals surface area (Å²) in [5, 5.41) is 7.23. The molecule has 1 amide bonds. The van der Waals surface area contributed by atoms with E-state index in [1.807, 2.05) is 25.1 Å². The van der Waals surface area contributed by atoms with Crippen LogP contribution in [0.4, 0.5) is 5.82 Å². The maximum Gasteiger partial charge on any atom is 0.266 e. The molecule has 1 aromatic heterocycles. The molecule has 124 valence electrons. The Morgan fingerprint density at radius 2 is 2.09 bits per heavy atom. The van der Waals surface area contributed by atoms with Crippen LogP contribution in [0.25, 0.3) is 0 Å². The maximum absolute atomic E-state index is 12.3. The first-order valence-corrected chi connectivity index (χ1v) is 7.69. The second-order valence-corrected chi connectivity index (χ2v) is 5.32. The summed E-state index contributed by atoms with van der Waals surface area (Å²) in [6.07, 6.45) is 0.312. The zero-order valence-electron chi connectivity index (χ0n) is 14.0. The van der Waals surface area contributed by atoms with Gasteiger partial charge in [0.2, 0.25) is 0 Å². The number of nitrogens with one attached hydrogen (secondary N) is 1. The van der Waals surface area contributed by atoms with Crippen molar-refractivity contribution in [3.8, 4) is 11.5 Å². The Kier molecular flexibility index (Phi) is 5.62. The molecule has 2 rings (SSSR count). The van der Waals surface area contributed by atoms with Crippen molar-refractivity contribution in [3.63, 3.8) is 0 Å². The SMILES string of the molecule is CCCn1nc(C)cc1NC(=O)C(C)Oc1cccc(OC)c1. The average Bonchev–Trinajstić information content (AvgIpc) is 2.87. The number of hydrogen-bond donors (Lipinski definition) is 1. The topological polar surface area (TPSA) is 65.4 Å². The standard InChI is InChI=1S/C17H23N3O3/c1-5-9-20-16(10-12(2)19-20)18-17(21)13(3)23-15-8-6-7-14(11-15)22-4/h6-8,10-11,13H,5,9H2,1-4H3,(H,18,21). The predicted molar refractivity (Wildman–Crippen MR) is 89.0 cm³/mol. The van der Waals surface area contributed by atoms with Crippen LogP contribution in [0, 0.1) is 6.92 Å². The number of rotatable bonds is 7. The van der Waals surface area contributed by atoms with Crippen LogP contribution < -0.4 is 14.8 Å². The van der Waals surface area contributed by atoms with Gasteiger partial charge in [-0.15, -0.1) is 0 Å². The highest BCUT2D eigenvalue weighted by molar-refractivity contribution is 5.93. The molecule has 1 heterocycles. The molecule has 0 fully saturated rings. The quantitative estimate of drug-likeness (QED) is 0.852. The summed E-state index contributed by atoms with van der Waals surface area (Å²) >= 11 is 0. The van der Waals surface area contributed by atoms with Crippen LogP contribution in [0.3, 0.4) is 0 Å². The Bertz CT molecular complexity index is 667. The zero-order chi connectivity index (χ0) is 16.8. The molecule has 1 aromatic carbocycles. The van der Waals surface area contributed by atoms with Crippen LogP contribution >= 0.6 is 0 Å². The molecule has 1 atom stereocenters.